The average Bonchev–Trinajstić information content (AvgIpc) is 3.37. The van der Waals surface area contributed by atoms with Gasteiger partial charge in [-0.2, -0.15) is 5.10 Å². The number of nitrogens with zero attached hydrogens (tertiary/aromatic N) is 2. The number of carbonyl (C=O) groups excluding carboxylic acids is 1. The Morgan fingerprint density at radius 2 is 2.04 bits per heavy atom. The van der Waals surface area contributed by atoms with E-state index in [-0.39, 0.29) is 18.1 Å². The minimum absolute atomic E-state index is 0.00599. The van der Waals surface area contributed by atoms with E-state index in [1.54, 1.807) is 0 Å². The first-order valence-corrected chi connectivity index (χ1v) is 9.16. The number of benzene rings is 1. The molecule has 0 unspecified atom stereocenters. The maximum atomic E-state index is 13.0. The lowest BCUT2D eigenvalue weighted by Gasteiger charge is -2.36. The molecule has 2 heterocycles. The molecule has 6 heteroatoms. The highest BCUT2D eigenvalue weighted by Crippen LogP contribution is 2.43. The Kier molecular flexibility index (Phi) is 4.18. The summed E-state index contributed by atoms with van der Waals surface area (Å²) in [7, 11) is 0. The fourth-order valence-corrected chi connectivity index (χ4v) is 3.92. The fraction of sp³-hybridized carbons (Fsp3) is 0.444. The Hall–Kier alpha value is -1.66. The Labute approximate surface area is 149 Å². The van der Waals surface area contributed by atoms with E-state index in [2.05, 4.69) is 26.1 Å². The van der Waals surface area contributed by atoms with Crippen molar-refractivity contribution in [2.24, 2.45) is 0 Å². The summed E-state index contributed by atoms with van der Waals surface area (Å²) in [5.41, 5.74) is 2.64. The number of H-pyrrole nitrogens is 1. The van der Waals surface area contributed by atoms with E-state index < -0.39 is 0 Å². The molecule has 1 saturated carbocycles. The highest BCUT2D eigenvalue weighted by atomic mass is 79.9. The van der Waals surface area contributed by atoms with Crippen LogP contribution in [0.5, 0.6) is 0 Å². The SMILES string of the molecule is C[C@H]1CN(C(=O)c2n[nH]c(C3CC3)c2Br)C[C@@H](c2ccccc2)O1. The number of rotatable bonds is 3. The van der Waals surface area contributed by atoms with Crippen molar-refractivity contribution in [3.05, 3.63) is 51.8 Å². The fourth-order valence-electron chi connectivity index (χ4n) is 3.24. The lowest BCUT2D eigenvalue weighted by atomic mass is 10.1. The van der Waals surface area contributed by atoms with E-state index in [4.69, 9.17) is 4.74 Å². The van der Waals surface area contributed by atoms with Gasteiger partial charge in [0.1, 0.15) is 6.10 Å². The molecule has 2 aliphatic rings. The van der Waals surface area contributed by atoms with Crippen molar-refractivity contribution in [3.63, 3.8) is 0 Å². The van der Waals surface area contributed by atoms with Crippen LogP contribution in [-0.2, 0) is 4.74 Å². The maximum Gasteiger partial charge on any atom is 0.275 e. The molecule has 0 bridgehead atoms. The summed E-state index contributed by atoms with van der Waals surface area (Å²) in [6.45, 7) is 3.13. The van der Waals surface area contributed by atoms with E-state index in [0.29, 0.717) is 24.7 Å². The number of nitrogens with one attached hydrogen (secondary N) is 1. The Bertz CT molecular complexity index is 742. The van der Waals surface area contributed by atoms with Crippen LogP contribution in [0.1, 0.15) is 53.5 Å². The lowest BCUT2D eigenvalue weighted by Crippen LogP contribution is -2.46. The molecule has 1 aliphatic heterocycles. The average molecular weight is 390 g/mol. The third kappa shape index (κ3) is 3.00. The summed E-state index contributed by atoms with van der Waals surface area (Å²) in [4.78, 5) is 14.8. The van der Waals surface area contributed by atoms with Crippen molar-refractivity contribution < 1.29 is 9.53 Å². The van der Waals surface area contributed by atoms with Gasteiger partial charge in [0.25, 0.3) is 5.91 Å². The van der Waals surface area contributed by atoms with Crippen LogP contribution < -0.4 is 0 Å². The van der Waals surface area contributed by atoms with Gasteiger partial charge in [-0.3, -0.25) is 9.89 Å². The number of hydrogen-bond donors (Lipinski definition) is 1. The number of hydrogen-bond acceptors (Lipinski definition) is 3. The molecule has 24 heavy (non-hydrogen) atoms. The first-order chi connectivity index (χ1) is 11.6. The summed E-state index contributed by atoms with van der Waals surface area (Å²) in [6, 6.07) is 10.1. The summed E-state index contributed by atoms with van der Waals surface area (Å²) in [5, 5.41) is 7.31. The topological polar surface area (TPSA) is 58.2 Å². The minimum Gasteiger partial charge on any atom is -0.367 e. The van der Waals surface area contributed by atoms with Gasteiger partial charge in [-0.1, -0.05) is 30.3 Å². The minimum atomic E-state index is -0.0977. The number of ether oxygens (including phenoxy) is 1. The number of halogens is 1. The van der Waals surface area contributed by atoms with Gasteiger partial charge in [-0.05, 0) is 41.3 Å². The van der Waals surface area contributed by atoms with Crippen molar-refractivity contribution >= 4 is 21.8 Å². The molecule has 1 amide bonds. The van der Waals surface area contributed by atoms with Crippen LogP contribution in [0.25, 0.3) is 0 Å². The van der Waals surface area contributed by atoms with Gasteiger partial charge in [0.15, 0.2) is 5.69 Å². The van der Waals surface area contributed by atoms with Crippen molar-refractivity contribution in [3.8, 4) is 0 Å². The first kappa shape index (κ1) is 15.8. The molecule has 1 saturated heterocycles. The molecule has 2 aromatic rings. The van der Waals surface area contributed by atoms with Crippen LogP contribution >= 0.6 is 15.9 Å². The molecule has 2 atom stereocenters. The van der Waals surface area contributed by atoms with E-state index in [1.165, 1.54) is 12.8 Å². The summed E-state index contributed by atoms with van der Waals surface area (Å²) in [6.07, 6.45) is 2.23. The molecule has 5 nitrogen and oxygen atoms in total. The van der Waals surface area contributed by atoms with Crippen LogP contribution in [0.2, 0.25) is 0 Å². The molecule has 4 rings (SSSR count). The van der Waals surface area contributed by atoms with E-state index in [1.807, 2.05) is 42.2 Å². The van der Waals surface area contributed by atoms with Gasteiger partial charge in [-0.15, -0.1) is 0 Å². The molecular formula is C18H20BrN3O2. The van der Waals surface area contributed by atoms with Crippen LogP contribution in [0.4, 0.5) is 0 Å². The number of morpholine rings is 1. The third-order valence-electron chi connectivity index (χ3n) is 4.64. The lowest BCUT2D eigenvalue weighted by molar-refractivity contribution is -0.0693. The van der Waals surface area contributed by atoms with Gasteiger partial charge in [0.2, 0.25) is 0 Å². The molecule has 1 aromatic carbocycles. The van der Waals surface area contributed by atoms with E-state index in [9.17, 15) is 4.79 Å². The van der Waals surface area contributed by atoms with Gasteiger partial charge >= 0.3 is 0 Å². The van der Waals surface area contributed by atoms with E-state index in [0.717, 1.165) is 15.7 Å². The maximum absolute atomic E-state index is 13.0. The van der Waals surface area contributed by atoms with Crippen LogP contribution in [0.3, 0.4) is 0 Å². The van der Waals surface area contributed by atoms with Crippen molar-refractivity contribution in [1.82, 2.24) is 15.1 Å². The quantitative estimate of drug-likeness (QED) is 0.871. The van der Waals surface area contributed by atoms with Gasteiger partial charge in [-0.25, -0.2) is 0 Å². The number of aromatic nitrogens is 2. The highest BCUT2D eigenvalue weighted by Gasteiger charge is 2.34. The summed E-state index contributed by atoms with van der Waals surface area (Å²) in [5.74, 6) is 0.482. The van der Waals surface area contributed by atoms with Gasteiger partial charge in [0.05, 0.1) is 22.8 Å². The second-order valence-electron chi connectivity index (χ2n) is 6.63. The standard InChI is InChI=1S/C18H20BrN3O2/c1-11-9-22(10-14(24-11)12-5-3-2-4-6-12)18(23)17-15(19)16(20-21-17)13-7-8-13/h2-6,11,13-14H,7-10H2,1H3,(H,20,21)/t11-,14-/m0/s1. The zero-order valence-electron chi connectivity index (χ0n) is 13.5. The Balaban J connectivity index is 1.55. The smallest absolute Gasteiger partial charge is 0.275 e. The predicted octanol–water partition coefficient (Wildman–Crippen LogP) is 3.65. The first-order valence-electron chi connectivity index (χ1n) is 8.37. The zero-order valence-corrected chi connectivity index (χ0v) is 15.1. The van der Waals surface area contributed by atoms with Crippen molar-refractivity contribution in [1.29, 1.82) is 0 Å². The second kappa shape index (κ2) is 6.33. The number of amides is 1. The predicted molar refractivity (Wildman–Crippen MR) is 93.9 cm³/mol. The van der Waals surface area contributed by atoms with Crippen LogP contribution in [0.15, 0.2) is 34.8 Å². The van der Waals surface area contributed by atoms with E-state index >= 15 is 0 Å². The van der Waals surface area contributed by atoms with Crippen LogP contribution in [-0.4, -0.2) is 40.2 Å². The second-order valence-corrected chi connectivity index (χ2v) is 7.42. The molecule has 1 aliphatic carbocycles. The molecule has 2 fully saturated rings. The highest BCUT2D eigenvalue weighted by molar-refractivity contribution is 9.10. The molecule has 0 radical (unpaired) electrons. The van der Waals surface area contributed by atoms with Gasteiger partial charge in [0, 0.05) is 12.5 Å². The molecule has 126 valence electrons. The van der Waals surface area contributed by atoms with Crippen LogP contribution in [0, 0.1) is 0 Å². The molecule has 1 aromatic heterocycles. The Morgan fingerprint density at radius 1 is 1.29 bits per heavy atom. The molecular weight excluding hydrogens is 370 g/mol. The molecule has 1 N–H and O–H groups in total. The monoisotopic (exact) mass is 389 g/mol. The van der Waals surface area contributed by atoms with Crippen molar-refractivity contribution in [2.45, 2.75) is 37.9 Å². The number of carbonyl (C=O) groups is 1. The largest absolute Gasteiger partial charge is 0.367 e. The number of aromatic amines is 1. The molecule has 0 spiro atoms. The summed E-state index contributed by atoms with van der Waals surface area (Å²) < 4.78 is 6.86. The normalized spacial score (nSPS) is 24.2. The zero-order chi connectivity index (χ0) is 16.7. The van der Waals surface area contributed by atoms with Crippen molar-refractivity contribution in [2.75, 3.05) is 13.1 Å². The summed E-state index contributed by atoms with van der Waals surface area (Å²) >= 11 is 3.56. The van der Waals surface area contributed by atoms with Gasteiger partial charge < -0.3 is 9.64 Å². The Morgan fingerprint density at radius 3 is 2.75 bits per heavy atom. The third-order valence-corrected chi connectivity index (χ3v) is 5.44.